The molecule has 30 heavy (non-hydrogen) atoms. The van der Waals surface area contributed by atoms with Crippen LogP contribution in [-0.4, -0.2) is 95.4 Å². The Bertz CT molecular complexity index is 868. The van der Waals surface area contributed by atoms with Crippen molar-refractivity contribution < 1.29 is 48.4 Å². The van der Waals surface area contributed by atoms with E-state index in [1.165, 1.54) is 0 Å². The Morgan fingerprint density at radius 1 is 0.500 bits per heavy atom. The summed E-state index contributed by atoms with van der Waals surface area (Å²) in [5.41, 5.74) is 0. The molecule has 11 nitrogen and oxygen atoms in total. The third-order valence-corrected chi connectivity index (χ3v) is 81.8. The molecule has 0 aliphatic rings. The van der Waals surface area contributed by atoms with Gasteiger partial charge in [0.05, 0.1) is 0 Å². The molecule has 0 aromatic heterocycles. The fraction of sp³-hybridized carbons (Fsp3) is 1.00. The highest BCUT2D eigenvalue weighted by Gasteiger charge is 2.52. The molecule has 0 aliphatic carbocycles. The van der Waals surface area contributed by atoms with Crippen molar-refractivity contribution in [3.05, 3.63) is 0 Å². The largest absolute Gasteiger partial charge is 0.558 e. The lowest BCUT2D eigenvalue weighted by atomic mass is 11.8. The van der Waals surface area contributed by atoms with Crippen LogP contribution in [0.15, 0.2) is 0 Å². The van der Waals surface area contributed by atoms with Crippen molar-refractivity contribution in [1.82, 2.24) is 0 Å². The third-order valence-electron chi connectivity index (χ3n) is 3.10. The quantitative estimate of drug-likeness (QED) is 0.216. The zero-order valence-corrected chi connectivity index (χ0v) is 29.5. The Hall–Kier alpha value is 0.563. The van der Waals surface area contributed by atoms with Crippen LogP contribution in [0.4, 0.5) is 0 Å². The maximum absolute atomic E-state index is 12.3. The zero-order chi connectivity index (χ0) is 24.2. The standard InChI is InChI=1S/C7H21O11Si12/c1-19(2)17-30(6,7)18-20(8)21(9)22(10)23(11)24(12)25(13)26(14)27(15)28(16)29(3,4)5/h1-7H3. The first kappa shape index (κ1) is 30.6. The number of hydrogen-bond donors (Lipinski definition) is 0. The van der Waals surface area contributed by atoms with E-state index < -0.39 is 95.4 Å². The summed E-state index contributed by atoms with van der Waals surface area (Å²) in [4.78, 5) is 0. The molecule has 0 aliphatic heterocycles. The van der Waals surface area contributed by atoms with E-state index in [4.69, 9.17) is 8.23 Å². The van der Waals surface area contributed by atoms with Crippen molar-refractivity contribution in [1.29, 1.82) is 0 Å². The third kappa shape index (κ3) is 9.20. The molecule has 1 radical (unpaired) electrons. The van der Waals surface area contributed by atoms with Gasteiger partial charge in [0.2, 0.25) is 0 Å². The molecule has 163 valence electrons. The highest BCUT2D eigenvalue weighted by atomic mass is 30.1. The predicted molar refractivity (Wildman–Crippen MR) is 118 cm³/mol. The van der Waals surface area contributed by atoms with Crippen molar-refractivity contribution in [3.63, 3.8) is 0 Å². The van der Waals surface area contributed by atoms with Gasteiger partial charge in [-0.1, -0.05) is 19.6 Å². The summed E-state index contributed by atoms with van der Waals surface area (Å²) in [6.45, 7) is 11.6. The molecule has 0 fully saturated rings. The highest BCUT2D eigenvalue weighted by Crippen LogP contribution is 2.08. The monoisotopic (exact) mass is 617 g/mol. The Morgan fingerprint density at radius 3 is 1.17 bits per heavy atom. The molecule has 0 unspecified atom stereocenters. The minimum atomic E-state index is -3.75. The summed E-state index contributed by atoms with van der Waals surface area (Å²) >= 11 is 0. The molecular formula is C7H21O11Si12. The molecular weight excluding hydrogens is 597 g/mol. The number of rotatable bonds is 13. The molecule has 0 saturated carbocycles. The van der Waals surface area contributed by atoms with Crippen LogP contribution < -0.4 is 0 Å². The molecule has 0 bridgehead atoms. The van der Waals surface area contributed by atoms with Gasteiger partial charge in [-0.25, -0.2) is 0 Å². The zero-order valence-electron chi connectivity index (χ0n) is 17.5. The maximum Gasteiger partial charge on any atom is 0.533 e. The summed E-state index contributed by atoms with van der Waals surface area (Å²) in [6, 6.07) is 0. The molecule has 0 N–H and O–H groups in total. The van der Waals surface area contributed by atoms with Crippen LogP contribution in [0.3, 0.4) is 0 Å². The summed E-state index contributed by atoms with van der Waals surface area (Å²) in [7, 11) is -38.0. The van der Waals surface area contributed by atoms with Crippen LogP contribution in [0, 0.1) is 0 Å². The Kier molecular flexibility index (Phi) is 12.4. The van der Waals surface area contributed by atoms with Gasteiger partial charge in [-0.15, -0.1) is 0 Å². The SMILES string of the molecule is C[Si](C)O[Si](C)(C)O[Si](=O)[Si](=O)[Si](=O)[Si](=O)[Si](=O)[Si](=O)[Si](=O)[Si](=O)[Si](=O)[Si](C)(C)C. The van der Waals surface area contributed by atoms with Crippen molar-refractivity contribution in [3.8, 4) is 0 Å². The summed E-state index contributed by atoms with van der Waals surface area (Å²) < 4.78 is 121. The Morgan fingerprint density at radius 2 is 0.833 bits per heavy atom. The summed E-state index contributed by atoms with van der Waals surface area (Å²) in [6.07, 6.45) is 0. The Labute approximate surface area is 188 Å². The number of hydrogen-bond acceptors (Lipinski definition) is 11. The van der Waals surface area contributed by atoms with Gasteiger partial charge in [-0.05, 0) is 26.2 Å². The molecule has 0 heterocycles. The van der Waals surface area contributed by atoms with E-state index in [0.29, 0.717) is 0 Å². The first-order valence-electron chi connectivity index (χ1n) is 8.40. The van der Waals surface area contributed by atoms with Crippen molar-refractivity contribution in [2.24, 2.45) is 0 Å². The van der Waals surface area contributed by atoms with Gasteiger partial charge in [0, 0.05) is 0 Å². The lowest BCUT2D eigenvalue weighted by Crippen LogP contribution is -2.56. The van der Waals surface area contributed by atoms with E-state index in [1.54, 1.807) is 45.8 Å². The van der Waals surface area contributed by atoms with Gasteiger partial charge in [-0.2, -0.15) is 0 Å². The van der Waals surface area contributed by atoms with Gasteiger partial charge in [0.1, 0.15) is 7.59 Å². The predicted octanol–water partition coefficient (Wildman–Crippen LogP) is -1.69. The normalized spacial score (nSPS) is 11.5. The second-order valence-electron chi connectivity index (χ2n) is 7.68. The summed E-state index contributed by atoms with van der Waals surface area (Å²) in [5.74, 6) is 0. The molecule has 0 atom stereocenters. The van der Waals surface area contributed by atoms with Crippen molar-refractivity contribution in [2.45, 2.75) is 45.8 Å². The van der Waals surface area contributed by atoms with E-state index >= 15 is 0 Å². The molecule has 0 aromatic carbocycles. The first-order valence-corrected chi connectivity index (χ1v) is 38.7. The minimum absolute atomic E-state index is 1.22. The van der Waals surface area contributed by atoms with Gasteiger partial charge in [-0.3, -0.25) is 0 Å². The van der Waals surface area contributed by atoms with Gasteiger partial charge >= 0.3 is 78.8 Å². The van der Waals surface area contributed by atoms with E-state index in [2.05, 4.69) is 0 Å². The molecule has 0 amide bonds. The van der Waals surface area contributed by atoms with Crippen LogP contribution in [0.25, 0.3) is 0 Å². The van der Waals surface area contributed by atoms with Gasteiger partial charge in [0.15, 0.2) is 9.04 Å². The highest BCUT2D eigenvalue weighted by molar-refractivity contribution is 7.77. The fourth-order valence-electron chi connectivity index (χ4n) is 1.83. The average Bonchev–Trinajstić information content (AvgIpc) is 2.60. The molecule has 0 saturated heterocycles. The second-order valence-corrected chi connectivity index (χ2v) is 63.8. The Balaban J connectivity index is 5.34. The van der Waals surface area contributed by atoms with E-state index in [-0.39, 0.29) is 0 Å². The lowest BCUT2D eigenvalue weighted by Gasteiger charge is -2.24. The lowest BCUT2D eigenvalue weighted by molar-refractivity contribution is 0.384. The topological polar surface area (TPSA) is 172 Å². The van der Waals surface area contributed by atoms with E-state index in [9.17, 15) is 40.2 Å². The van der Waals surface area contributed by atoms with Crippen molar-refractivity contribution in [2.75, 3.05) is 0 Å². The fourth-order valence-corrected chi connectivity index (χ4v) is 110. The molecule has 0 rings (SSSR count). The molecule has 0 spiro atoms. The van der Waals surface area contributed by atoms with Crippen LogP contribution in [0.5, 0.6) is 0 Å². The van der Waals surface area contributed by atoms with Crippen LogP contribution in [0.2, 0.25) is 45.8 Å². The van der Waals surface area contributed by atoms with Gasteiger partial charge < -0.3 is 48.4 Å². The van der Waals surface area contributed by atoms with Crippen LogP contribution >= 0.6 is 0 Å². The van der Waals surface area contributed by atoms with Crippen LogP contribution in [0.1, 0.15) is 0 Å². The minimum Gasteiger partial charge on any atom is -0.558 e. The molecule has 0 aromatic rings. The maximum atomic E-state index is 12.3. The summed E-state index contributed by atoms with van der Waals surface area (Å²) in [5, 5.41) is 0. The van der Waals surface area contributed by atoms with Crippen molar-refractivity contribution >= 4 is 95.4 Å². The smallest absolute Gasteiger partial charge is 0.533 e. The first-order chi connectivity index (χ1) is 13.3. The van der Waals surface area contributed by atoms with E-state index in [0.717, 1.165) is 0 Å². The molecule has 23 heteroatoms. The van der Waals surface area contributed by atoms with E-state index in [1.807, 2.05) is 0 Å². The average molecular weight is 618 g/mol. The van der Waals surface area contributed by atoms with Gasteiger partial charge in [0.25, 0.3) is 0 Å². The second kappa shape index (κ2) is 12.1. The van der Waals surface area contributed by atoms with Crippen LogP contribution in [-0.2, 0) is 48.4 Å².